The van der Waals surface area contributed by atoms with E-state index in [2.05, 4.69) is 4.98 Å². The highest BCUT2D eigenvalue weighted by atomic mass is 32.2. The van der Waals surface area contributed by atoms with Crippen LogP contribution in [0.15, 0.2) is 52.3 Å². The van der Waals surface area contributed by atoms with Gasteiger partial charge in [0, 0.05) is 23.9 Å². The summed E-state index contributed by atoms with van der Waals surface area (Å²) in [6, 6.07) is 10.5. The van der Waals surface area contributed by atoms with Gasteiger partial charge in [0.25, 0.3) is 5.91 Å². The Kier molecular flexibility index (Phi) is 7.60. The van der Waals surface area contributed by atoms with Crippen molar-refractivity contribution in [1.82, 2.24) is 9.88 Å². The van der Waals surface area contributed by atoms with Gasteiger partial charge in [-0.05, 0) is 68.1 Å². The first-order valence-corrected chi connectivity index (χ1v) is 15.3. The van der Waals surface area contributed by atoms with Gasteiger partial charge < -0.3 is 19.4 Å². The number of amides is 3. The molecule has 0 saturated carbocycles. The summed E-state index contributed by atoms with van der Waals surface area (Å²) in [6.45, 7) is 3.51. The van der Waals surface area contributed by atoms with Crippen molar-refractivity contribution in [2.24, 2.45) is 5.92 Å². The van der Waals surface area contributed by atoms with E-state index in [0.29, 0.717) is 39.3 Å². The van der Waals surface area contributed by atoms with Gasteiger partial charge >= 0.3 is 4.87 Å². The lowest BCUT2D eigenvalue weighted by atomic mass is 9.83. The molecule has 0 aliphatic carbocycles. The van der Waals surface area contributed by atoms with Crippen LogP contribution in [0.5, 0.6) is 11.5 Å². The smallest absolute Gasteiger partial charge is 0.305 e. The molecule has 12 heteroatoms. The number of aromatic nitrogens is 1. The van der Waals surface area contributed by atoms with Gasteiger partial charge in [-0.15, -0.1) is 0 Å². The first-order valence-electron chi connectivity index (χ1n) is 13.6. The van der Waals surface area contributed by atoms with Crippen LogP contribution in [0.1, 0.15) is 42.5 Å². The molecule has 9 nitrogen and oxygen atoms in total. The maximum absolute atomic E-state index is 13.9. The number of thioether (sulfide) groups is 1. The van der Waals surface area contributed by atoms with E-state index < -0.39 is 34.7 Å². The van der Waals surface area contributed by atoms with Crippen molar-refractivity contribution in [3.63, 3.8) is 0 Å². The maximum atomic E-state index is 13.9. The van der Waals surface area contributed by atoms with Gasteiger partial charge in [-0.3, -0.25) is 19.2 Å². The Labute approximate surface area is 243 Å². The van der Waals surface area contributed by atoms with Crippen molar-refractivity contribution in [1.29, 1.82) is 0 Å². The molecular formula is C29H28FN3O6S2. The SMILES string of the molecule is CCOc1cc(C2c3sc(=O)[nH]c3SC3C(=O)N(c4ccc(F)cc4)C(=O)C32)ccc1OCC(=O)N1CCCCC1. The van der Waals surface area contributed by atoms with Crippen molar-refractivity contribution in [3.8, 4) is 11.5 Å². The zero-order chi connectivity index (χ0) is 28.7. The van der Waals surface area contributed by atoms with Crippen molar-refractivity contribution in [2.75, 3.05) is 31.2 Å². The molecule has 214 valence electrons. The number of nitrogens with one attached hydrogen (secondary N) is 1. The number of imide groups is 1. The molecule has 2 fully saturated rings. The van der Waals surface area contributed by atoms with E-state index in [9.17, 15) is 23.6 Å². The number of rotatable bonds is 7. The monoisotopic (exact) mass is 597 g/mol. The summed E-state index contributed by atoms with van der Waals surface area (Å²) in [4.78, 5) is 58.6. The fourth-order valence-electron chi connectivity index (χ4n) is 5.70. The van der Waals surface area contributed by atoms with Gasteiger partial charge in [-0.2, -0.15) is 0 Å². The molecule has 0 bridgehead atoms. The van der Waals surface area contributed by atoms with E-state index in [-0.39, 0.29) is 17.4 Å². The van der Waals surface area contributed by atoms with Gasteiger partial charge in [0.1, 0.15) is 11.1 Å². The minimum absolute atomic E-state index is 0.0824. The van der Waals surface area contributed by atoms with Crippen LogP contribution in [0.2, 0.25) is 0 Å². The molecule has 4 heterocycles. The number of benzene rings is 2. The standard InChI is InChI=1S/C29H28FN3O6S2/c1-2-38-20-14-16(6-11-19(20)39-15-21(34)32-12-4-3-5-13-32)22-23-25(40-26-24(22)41-29(37)31-26)28(36)33(27(23)35)18-9-7-17(30)8-10-18/h6-11,14,22-23,25H,2-5,12-13,15H2,1H3,(H,31,37). The number of likely N-dealkylation sites (tertiary alicyclic amines) is 1. The van der Waals surface area contributed by atoms with E-state index in [1.807, 2.05) is 11.8 Å². The number of ether oxygens (including phenoxy) is 2. The molecule has 0 radical (unpaired) electrons. The zero-order valence-corrected chi connectivity index (χ0v) is 23.9. The van der Waals surface area contributed by atoms with Crippen LogP contribution in [0.4, 0.5) is 10.1 Å². The van der Waals surface area contributed by atoms with Crippen molar-refractivity contribution in [2.45, 2.75) is 42.4 Å². The summed E-state index contributed by atoms with van der Waals surface area (Å²) in [6.07, 6.45) is 3.09. The number of thiazole rings is 1. The van der Waals surface area contributed by atoms with Crippen LogP contribution in [0.25, 0.3) is 0 Å². The molecule has 6 rings (SSSR count). The Bertz CT molecular complexity index is 1550. The highest BCUT2D eigenvalue weighted by Crippen LogP contribution is 2.53. The summed E-state index contributed by atoms with van der Waals surface area (Å²) in [5.74, 6) is -1.98. The second-order valence-electron chi connectivity index (χ2n) is 10.1. The summed E-state index contributed by atoms with van der Waals surface area (Å²) >= 11 is 2.19. The number of piperidine rings is 1. The zero-order valence-electron chi connectivity index (χ0n) is 22.3. The minimum Gasteiger partial charge on any atom is -0.490 e. The molecule has 3 amide bonds. The average molecular weight is 598 g/mol. The van der Waals surface area contributed by atoms with Gasteiger partial charge in [0.15, 0.2) is 18.1 Å². The van der Waals surface area contributed by atoms with Crippen LogP contribution < -0.4 is 19.2 Å². The number of nitrogens with zero attached hydrogens (tertiary/aromatic N) is 2. The molecule has 3 aliphatic heterocycles. The number of anilines is 1. The molecule has 41 heavy (non-hydrogen) atoms. The fourth-order valence-corrected chi connectivity index (χ4v) is 8.22. The van der Waals surface area contributed by atoms with Gasteiger partial charge in [-0.25, -0.2) is 9.29 Å². The van der Waals surface area contributed by atoms with Gasteiger partial charge in [0.05, 0.1) is 23.2 Å². The van der Waals surface area contributed by atoms with Crippen LogP contribution in [0, 0.1) is 11.7 Å². The fraction of sp³-hybridized carbons (Fsp3) is 0.379. The lowest BCUT2D eigenvalue weighted by Crippen LogP contribution is -2.38. The highest BCUT2D eigenvalue weighted by molar-refractivity contribution is 8.00. The van der Waals surface area contributed by atoms with Gasteiger partial charge in [0.2, 0.25) is 11.8 Å². The molecule has 3 aliphatic rings. The van der Waals surface area contributed by atoms with E-state index in [4.69, 9.17) is 9.47 Å². The Hall–Kier alpha value is -3.64. The molecule has 3 unspecified atom stereocenters. The predicted molar refractivity (Wildman–Crippen MR) is 152 cm³/mol. The van der Waals surface area contributed by atoms with Crippen LogP contribution >= 0.6 is 23.1 Å². The molecule has 3 aromatic rings. The number of hydrogen-bond donors (Lipinski definition) is 1. The largest absolute Gasteiger partial charge is 0.490 e. The quantitative estimate of drug-likeness (QED) is 0.408. The number of aromatic amines is 1. The number of halogens is 1. The average Bonchev–Trinajstić information content (AvgIpc) is 3.47. The highest BCUT2D eigenvalue weighted by Gasteiger charge is 2.56. The minimum atomic E-state index is -0.793. The third-order valence-corrected chi connectivity index (χ3v) is 10.00. The molecule has 3 atom stereocenters. The second kappa shape index (κ2) is 11.3. The van der Waals surface area contributed by atoms with Crippen LogP contribution in [-0.4, -0.2) is 59.2 Å². The number of hydrogen-bond acceptors (Lipinski definition) is 8. The number of H-pyrrole nitrogens is 1. The number of carbonyl (C=O) groups excluding carboxylic acids is 3. The maximum Gasteiger partial charge on any atom is 0.305 e. The Morgan fingerprint density at radius 1 is 1.00 bits per heavy atom. The lowest BCUT2D eigenvalue weighted by Gasteiger charge is -2.30. The number of fused-ring (bicyclic) bond motifs is 2. The first-order chi connectivity index (χ1) is 19.9. The summed E-state index contributed by atoms with van der Waals surface area (Å²) in [5.41, 5.74) is 0.973. The molecule has 0 spiro atoms. The van der Waals surface area contributed by atoms with Crippen LogP contribution in [0.3, 0.4) is 0 Å². The summed E-state index contributed by atoms with van der Waals surface area (Å²) < 4.78 is 25.4. The van der Waals surface area contributed by atoms with Crippen molar-refractivity contribution >= 4 is 46.5 Å². The molecule has 2 saturated heterocycles. The topological polar surface area (TPSA) is 109 Å². The lowest BCUT2D eigenvalue weighted by molar-refractivity contribution is -0.134. The van der Waals surface area contributed by atoms with Crippen molar-refractivity contribution < 1.29 is 28.2 Å². The molecule has 1 N–H and O–H groups in total. The second-order valence-corrected chi connectivity index (χ2v) is 12.3. The van der Waals surface area contributed by atoms with E-state index in [0.717, 1.165) is 48.6 Å². The Morgan fingerprint density at radius 2 is 1.76 bits per heavy atom. The van der Waals surface area contributed by atoms with E-state index in [1.165, 1.54) is 36.0 Å². The van der Waals surface area contributed by atoms with Crippen LogP contribution in [-0.2, 0) is 14.4 Å². The number of carbonyl (C=O) groups is 3. The molecule has 2 aromatic carbocycles. The van der Waals surface area contributed by atoms with Crippen molar-refractivity contribution in [3.05, 3.63) is 68.4 Å². The first kappa shape index (κ1) is 27.5. The molecule has 1 aromatic heterocycles. The normalized spacial score (nSPS) is 22.0. The van der Waals surface area contributed by atoms with E-state index >= 15 is 0 Å². The van der Waals surface area contributed by atoms with Gasteiger partial charge in [-0.1, -0.05) is 29.2 Å². The third-order valence-electron chi connectivity index (χ3n) is 7.60. The molecular weight excluding hydrogens is 569 g/mol. The van der Waals surface area contributed by atoms with E-state index in [1.54, 1.807) is 18.2 Å². The predicted octanol–water partition coefficient (Wildman–Crippen LogP) is 4.16. The summed E-state index contributed by atoms with van der Waals surface area (Å²) in [5, 5.41) is -0.220. The Balaban J connectivity index is 1.34. The third kappa shape index (κ3) is 5.14. The summed E-state index contributed by atoms with van der Waals surface area (Å²) in [7, 11) is 0. The Morgan fingerprint density at radius 3 is 2.49 bits per heavy atom.